The van der Waals surface area contributed by atoms with Gasteiger partial charge in [0, 0.05) is 18.0 Å². The van der Waals surface area contributed by atoms with Crippen molar-refractivity contribution >= 4 is 33.3 Å². The minimum atomic E-state index is 0.228. The third kappa shape index (κ3) is 4.04. The largest absolute Gasteiger partial charge is 0.396 e. The van der Waals surface area contributed by atoms with Crippen molar-refractivity contribution in [3.8, 4) is 0 Å². The van der Waals surface area contributed by atoms with E-state index in [1.165, 1.54) is 4.88 Å². The van der Waals surface area contributed by atoms with Crippen LogP contribution < -0.4 is 11.1 Å². The van der Waals surface area contributed by atoms with Gasteiger partial charge < -0.3 is 16.2 Å². The molecule has 1 unspecified atom stereocenters. The maximum absolute atomic E-state index is 9.14. The van der Waals surface area contributed by atoms with Gasteiger partial charge in [-0.1, -0.05) is 20.3 Å². The second-order valence-electron chi connectivity index (χ2n) is 5.26. The van der Waals surface area contributed by atoms with Gasteiger partial charge in [0.25, 0.3) is 0 Å². The Morgan fingerprint density at radius 2 is 2.14 bits per heavy atom. The van der Waals surface area contributed by atoms with Crippen molar-refractivity contribution in [3.63, 3.8) is 0 Å². The van der Waals surface area contributed by atoms with E-state index in [2.05, 4.69) is 35.2 Å². The lowest BCUT2D eigenvalue weighted by atomic mass is 10.0. The molecule has 4 N–H and O–H groups in total. The molecule has 2 heterocycles. The van der Waals surface area contributed by atoms with Crippen molar-refractivity contribution in [3.05, 3.63) is 10.9 Å². The number of aliphatic hydroxyl groups excluding tert-OH is 1. The van der Waals surface area contributed by atoms with Gasteiger partial charge in [-0.3, -0.25) is 0 Å². The van der Waals surface area contributed by atoms with E-state index >= 15 is 0 Å². The standard InChI is InChI=1S/C15H24N4OS/c1-3-5-10(6-7-20)9-17-13-12-8-11(4-2)21-14(12)19-15(16)18-13/h8,10,20H,3-7,9H2,1-2H3,(H3,16,17,18,19). The first-order valence-electron chi connectivity index (χ1n) is 7.58. The number of hydrogen-bond donors (Lipinski definition) is 3. The van der Waals surface area contributed by atoms with Gasteiger partial charge in [-0.15, -0.1) is 11.3 Å². The molecule has 0 saturated carbocycles. The smallest absolute Gasteiger partial charge is 0.223 e. The second-order valence-corrected chi connectivity index (χ2v) is 6.38. The highest BCUT2D eigenvalue weighted by Crippen LogP contribution is 2.30. The number of fused-ring (bicyclic) bond motifs is 1. The van der Waals surface area contributed by atoms with Crippen molar-refractivity contribution in [2.75, 3.05) is 24.2 Å². The molecule has 0 amide bonds. The first kappa shape index (κ1) is 16.0. The summed E-state index contributed by atoms with van der Waals surface area (Å²) in [5.74, 6) is 1.58. The Kier molecular flexibility index (Phi) is 5.76. The van der Waals surface area contributed by atoms with E-state index in [9.17, 15) is 0 Å². The topological polar surface area (TPSA) is 84.1 Å². The molecular formula is C15H24N4OS. The Morgan fingerprint density at radius 3 is 2.81 bits per heavy atom. The molecule has 5 nitrogen and oxygen atoms in total. The number of thiophene rings is 1. The summed E-state index contributed by atoms with van der Waals surface area (Å²) in [6.07, 6.45) is 4.02. The average molecular weight is 308 g/mol. The highest BCUT2D eigenvalue weighted by atomic mass is 32.1. The maximum atomic E-state index is 9.14. The molecular weight excluding hydrogens is 284 g/mol. The number of nitrogens with zero attached hydrogens (tertiary/aromatic N) is 2. The summed E-state index contributed by atoms with van der Waals surface area (Å²) >= 11 is 1.67. The van der Waals surface area contributed by atoms with Gasteiger partial charge in [-0.05, 0) is 31.2 Å². The summed E-state index contributed by atoms with van der Waals surface area (Å²) in [6, 6.07) is 2.14. The number of aliphatic hydroxyl groups is 1. The quantitative estimate of drug-likeness (QED) is 0.698. The molecule has 0 fully saturated rings. The summed E-state index contributed by atoms with van der Waals surface area (Å²) in [5.41, 5.74) is 5.80. The molecule has 0 aromatic carbocycles. The number of aryl methyl sites for hydroxylation is 1. The first-order valence-corrected chi connectivity index (χ1v) is 8.40. The van der Waals surface area contributed by atoms with E-state index in [4.69, 9.17) is 10.8 Å². The number of nitrogens with two attached hydrogens (primary N) is 1. The van der Waals surface area contributed by atoms with Crippen molar-refractivity contribution < 1.29 is 5.11 Å². The van der Waals surface area contributed by atoms with Crippen molar-refractivity contribution in [2.24, 2.45) is 5.92 Å². The Balaban J connectivity index is 2.18. The molecule has 2 aromatic heterocycles. The van der Waals surface area contributed by atoms with Crippen molar-refractivity contribution in [1.82, 2.24) is 9.97 Å². The molecule has 0 aliphatic carbocycles. The van der Waals surface area contributed by atoms with E-state index in [0.29, 0.717) is 11.9 Å². The number of nitrogens with one attached hydrogen (secondary N) is 1. The maximum Gasteiger partial charge on any atom is 0.223 e. The van der Waals surface area contributed by atoms with Crippen LogP contribution in [-0.2, 0) is 6.42 Å². The molecule has 0 radical (unpaired) electrons. The van der Waals surface area contributed by atoms with Gasteiger partial charge >= 0.3 is 0 Å². The van der Waals surface area contributed by atoms with Gasteiger partial charge in [0.1, 0.15) is 10.6 Å². The highest BCUT2D eigenvalue weighted by Gasteiger charge is 2.12. The lowest BCUT2D eigenvalue weighted by Gasteiger charge is -2.16. The summed E-state index contributed by atoms with van der Waals surface area (Å²) in [7, 11) is 0. The van der Waals surface area contributed by atoms with E-state index in [-0.39, 0.29) is 6.61 Å². The average Bonchev–Trinajstić information content (AvgIpc) is 2.87. The molecule has 2 rings (SSSR count). The third-order valence-electron chi connectivity index (χ3n) is 3.60. The molecule has 21 heavy (non-hydrogen) atoms. The normalized spacial score (nSPS) is 12.7. The van der Waals surface area contributed by atoms with Gasteiger partial charge in [0.15, 0.2) is 0 Å². The van der Waals surface area contributed by atoms with Gasteiger partial charge in [0.2, 0.25) is 5.95 Å². The zero-order chi connectivity index (χ0) is 15.2. The molecule has 0 bridgehead atoms. The van der Waals surface area contributed by atoms with Gasteiger partial charge in [-0.2, -0.15) is 4.98 Å². The van der Waals surface area contributed by atoms with Crippen molar-refractivity contribution in [1.29, 1.82) is 0 Å². The van der Waals surface area contributed by atoms with E-state index in [0.717, 1.165) is 48.3 Å². The summed E-state index contributed by atoms with van der Waals surface area (Å²) in [4.78, 5) is 10.9. The minimum Gasteiger partial charge on any atom is -0.396 e. The van der Waals surface area contributed by atoms with Crippen LogP contribution in [0.2, 0.25) is 0 Å². The number of nitrogen functional groups attached to an aromatic ring is 1. The van der Waals surface area contributed by atoms with Crippen LogP contribution in [0.25, 0.3) is 10.2 Å². The van der Waals surface area contributed by atoms with Crippen LogP contribution in [0.5, 0.6) is 0 Å². The second kappa shape index (κ2) is 7.56. The van der Waals surface area contributed by atoms with Crippen molar-refractivity contribution in [2.45, 2.75) is 39.5 Å². The first-order chi connectivity index (χ1) is 10.2. The lowest BCUT2D eigenvalue weighted by Crippen LogP contribution is -2.17. The fraction of sp³-hybridized carbons (Fsp3) is 0.600. The highest BCUT2D eigenvalue weighted by molar-refractivity contribution is 7.18. The predicted octanol–water partition coefficient (Wildman–Crippen LogP) is 3.05. The van der Waals surface area contributed by atoms with Gasteiger partial charge in [-0.25, -0.2) is 4.98 Å². The number of hydrogen-bond acceptors (Lipinski definition) is 6. The molecule has 2 aromatic rings. The fourth-order valence-corrected chi connectivity index (χ4v) is 3.45. The Bertz CT molecular complexity index is 578. The molecule has 0 saturated heterocycles. The van der Waals surface area contributed by atoms with Crippen LogP contribution in [0, 0.1) is 5.92 Å². The zero-order valence-electron chi connectivity index (χ0n) is 12.7. The number of aromatic nitrogens is 2. The minimum absolute atomic E-state index is 0.228. The van der Waals surface area contributed by atoms with Crippen LogP contribution in [0.1, 0.15) is 38.0 Å². The molecule has 116 valence electrons. The Morgan fingerprint density at radius 1 is 1.33 bits per heavy atom. The molecule has 6 heteroatoms. The third-order valence-corrected chi connectivity index (χ3v) is 4.78. The monoisotopic (exact) mass is 308 g/mol. The Labute approximate surface area is 129 Å². The summed E-state index contributed by atoms with van der Waals surface area (Å²) in [6.45, 7) is 5.33. The summed E-state index contributed by atoms with van der Waals surface area (Å²) < 4.78 is 0. The fourth-order valence-electron chi connectivity index (χ4n) is 2.48. The SMILES string of the molecule is CCCC(CCO)CNc1nc(N)nc2sc(CC)cc12. The summed E-state index contributed by atoms with van der Waals surface area (Å²) in [5, 5.41) is 13.6. The van der Waals surface area contributed by atoms with Gasteiger partial charge in [0.05, 0.1) is 5.39 Å². The van der Waals surface area contributed by atoms with Crippen LogP contribution in [0.4, 0.5) is 11.8 Å². The molecule has 0 aliphatic heterocycles. The van der Waals surface area contributed by atoms with Crippen LogP contribution in [0.3, 0.4) is 0 Å². The van der Waals surface area contributed by atoms with E-state index in [1.807, 2.05) is 0 Å². The molecule has 1 atom stereocenters. The number of anilines is 2. The predicted molar refractivity (Wildman–Crippen MR) is 89.8 cm³/mol. The zero-order valence-corrected chi connectivity index (χ0v) is 13.5. The van der Waals surface area contributed by atoms with Crippen LogP contribution >= 0.6 is 11.3 Å². The van der Waals surface area contributed by atoms with Crippen LogP contribution in [0.15, 0.2) is 6.07 Å². The lowest BCUT2D eigenvalue weighted by molar-refractivity contribution is 0.255. The van der Waals surface area contributed by atoms with E-state index in [1.54, 1.807) is 11.3 Å². The molecule has 0 spiro atoms. The Hall–Kier alpha value is -1.40. The molecule has 0 aliphatic rings. The van der Waals surface area contributed by atoms with Crippen LogP contribution in [-0.4, -0.2) is 28.2 Å². The van der Waals surface area contributed by atoms with E-state index < -0.39 is 0 Å². The number of rotatable bonds is 8.